The van der Waals surface area contributed by atoms with E-state index in [4.69, 9.17) is 0 Å². The molecule has 1 atom stereocenters. The molecule has 0 N–H and O–H groups in total. The van der Waals surface area contributed by atoms with Gasteiger partial charge in [-0.3, -0.25) is 0 Å². The van der Waals surface area contributed by atoms with Gasteiger partial charge in [0.25, 0.3) is 0 Å². The Hall–Kier alpha value is -2.98. The highest BCUT2D eigenvalue weighted by Crippen LogP contribution is 2.62. The second-order valence-corrected chi connectivity index (χ2v) is 10.0. The SMILES string of the molecule is O=C=C1C=CC=CC1[P+](c1ccccc1)(c1ccccc1)c1ccccc1. The summed E-state index contributed by atoms with van der Waals surface area (Å²) >= 11 is 0. The van der Waals surface area contributed by atoms with Crippen molar-refractivity contribution in [1.29, 1.82) is 0 Å². The van der Waals surface area contributed by atoms with E-state index in [2.05, 4.69) is 90.9 Å². The van der Waals surface area contributed by atoms with E-state index < -0.39 is 7.26 Å². The van der Waals surface area contributed by atoms with Gasteiger partial charge in [-0.1, -0.05) is 66.7 Å². The number of hydrogen-bond acceptors (Lipinski definition) is 1. The standard InChI is InChI=1S/C25H20OP/c26-20-21-12-10-11-19-25(21)27(22-13-4-1-5-14-22,23-15-6-2-7-16-23)24-17-8-3-9-18-24/h1-19,25H/q+1. The molecule has 27 heavy (non-hydrogen) atoms. The maximum Gasteiger partial charge on any atom is 0.137 e. The highest BCUT2D eigenvalue weighted by molar-refractivity contribution is 7.96. The van der Waals surface area contributed by atoms with Crippen LogP contribution in [0.4, 0.5) is 0 Å². The van der Waals surface area contributed by atoms with Crippen molar-refractivity contribution in [2.45, 2.75) is 5.66 Å². The molecular formula is C25H20OP+. The molecule has 1 unspecified atom stereocenters. The third-order valence-corrected chi connectivity index (χ3v) is 9.65. The average molecular weight is 367 g/mol. The molecule has 0 saturated heterocycles. The molecule has 0 saturated carbocycles. The third-order valence-electron chi connectivity index (χ3n) is 5.02. The van der Waals surface area contributed by atoms with Crippen LogP contribution in [0.25, 0.3) is 0 Å². The van der Waals surface area contributed by atoms with Gasteiger partial charge in [0.15, 0.2) is 0 Å². The summed E-state index contributed by atoms with van der Waals surface area (Å²) in [5.41, 5.74) is 0.676. The first-order valence-corrected chi connectivity index (χ1v) is 10.9. The maximum atomic E-state index is 11.9. The Morgan fingerprint density at radius 2 is 1.07 bits per heavy atom. The van der Waals surface area contributed by atoms with Gasteiger partial charge in [0, 0.05) is 0 Å². The predicted molar refractivity (Wildman–Crippen MR) is 116 cm³/mol. The van der Waals surface area contributed by atoms with E-state index in [0.29, 0.717) is 5.57 Å². The normalized spacial score (nSPS) is 16.1. The first-order chi connectivity index (χ1) is 13.4. The van der Waals surface area contributed by atoms with Crippen LogP contribution < -0.4 is 15.9 Å². The molecule has 0 aliphatic heterocycles. The number of benzene rings is 3. The summed E-state index contributed by atoms with van der Waals surface area (Å²) in [6, 6.07) is 31.8. The van der Waals surface area contributed by atoms with Gasteiger partial charge in [-0.15, -0.1) is 0 Å². The van der Waals surface area contributed by atoms with Crippen LogP contribution in [0.2, 0.25) is 0 Å². The lowest BCUT2D eigenvalue weighted by Crippen LogP contribution is -2.39. The number of carbonyl (C=O) groups excluding carboxylic acids is 1. The van der Waals surface area contributed by atoms with Gasteiger partial charge in [0.05, 0.1) is 5.57 Å². The fraction of sp³-hybridized carbons (Fsp3) is 0.0400. The van der Waals surface area contributed by atoms with Crippen LogP contribution >= 0.6 is 7.26 Å². The van der Waals surface area contributed by atoms with E-state index in [1.165, 1.54) is 15.9 Å². The number of rotatable bonds is 4. The summed E-state index contributed by atoms with van der Waals surface area (Å²) in [7, 11) is -2.14. The second-order valence-electron chi connectivity index (χ2n) is 6.48. The third kappa shape index (κ3) is 3.02. The quantitative estimate of drug-likeness (QED) is 0.498. The van der Waals surface area contributed by atoms with Crippen LogP contribution in [-0.2, 0) is 4.79 Å². The Kier molecular flexibility index (Phi) is 4.99. The molecule has 0 bridgehead atoms. The molecule has 3 aromatic carbocycles. The van der Waals surface area contributed by atoms with E-state index in [9.17, 15) is 4.79 Å². The van der Waals surface area contributed by atoms with Crippen molar-refractivity contribution >= 4 is 29.1 Å². The van der Waals surface area contributed by atoms with Crippen LogP contribution in [0.3, 0.4) is 0 Å². The topological polar surface area (TPSA) is 17.1 Å². The summed E-state index contributed by atoms with van der Waals surface area (Å²) in [4.78, 5) is 11.9. The van der Waals surface area contributed by atoms with Gasteiger partial charge >= 0.3 is 0 Å². The van der Waals surface area contributed by atoms with Gasteiger partial charge < -0.3 is 0 Å². The summed E-state index contributed by atoms with van der Waals surface area (Å²) in [6.07, 6.45) is 8.05. The summed E-state index contributed by atoms with van der Waals surface area (Å²) in [5.74, 6) is 2.22. The monoisotopic (exact) mass is 367 g/mol. The van der Waals surface area contributed by atoms with Gasteiger partial charge in [-0.05, 0) is 48.6 Å². The minimum atomic E-state index is -2.14. The number of allylic oxidation sites excluding steroid dienone is 5. The molecule has 1 nitrogen and oxygen atoms in total. The van der Waals surface area contributed by atoms with Crippen LogP contribution in [-0.4, -0.2) is 11.6 Å². The average Bonchev–Trinajstić information content (AvgIpc) is 2.77. The van der Waals surface area contributed by atoms with Crippen molar-refractivity contribution < 1.29 is 4.79 Å². The molecule has 0 radical (unpaired) electrons. The Balaban J connectivity index is 2.12. The molecule has 1 aliphatic carbocycles. The van der Waals surface area contributed by atoms with Gasteiger partial charge in [-0.2, -0.15) is 0 Å². The summed E-state index contributed by atoms with van der Waals surface area (Å²) in [6.45, 7) is 0. The molecular weight excluding hydrogens is 347 g/mol. The molecule has 3 aromatic rings. The Labute approximate surface area is 160 Å². The predicted octanol–water partition coefficient (Wildman–Crippen LogP) is 4.23. The lowest BCUT2D eigenvalue weighted by molar-refractivity contribution is 0.567. The van der Waals surface area contributed by atoms with Gasteiger partial charge in [0.2, 0.25) is 0 Å². The van der Waals surface area contributed by atoms with Crippen LogP contribution in [0.1, 0.15) is 0 Å². The Morgan fingerprint density at radius 3 is 1.48 bits per heavy atom. The molecule has 130 valence electrons. The van der Waals surface area contributed by atoms with Crippen molar-refractivity contribution in [2.75, 3.05) is 0 Å². The number of hydrogen-bond donors (Lipinski definition) is 0. The zero-order chi connectivity index (χ0) is 18.5. The molecule has 0 heterocycles. The van der Waals surface area contributed by atoms with Crippen molar-refractivity contribution in [1.82, 2.24) is 0 Å². The van der Waals surface area contributed by atoms with Crippen molar-refractivity contribution in [3.8, 4) is 0 Å². The minimum absolute atomic E-state index is 0.0350. The molecule has 4 rings (SSSR count). The highest BCUT2D eigenvalue weighted by atomic mass is 31.2. The van der Waals surface area contributed by atoms with E-state index in [1.807, 2.05) is 30.4 Å². The Morgan fingerprint density at radius 1 is 0.630 bits per heavy atom. The second kappa shape index (κ2) is 7.72. The zero-order valence-corrected chi connectivity index (χ0v) is 15.8. The summed E-state index contributed by atoms with van der Waals surface area (Å²) in [5, 5.41) is 3.79. The van der Waals surface area contributed by atoms with Crippen molar-refractivity contribution in [3.05, 3.63) is 121 Å². The smallest absolute Gasteiger partial charge is 0.137 e. The summed E-state index contributed by atoms with van der Waals surface area (Å²) < 4.78 is 0. The van der Waals surface area contributed by atoms with Crippen LogP contribution in [0, 0.1) is 0 Å². The molecule has 0 spiro atoms. The minimum Gasteiger partial charge on any atom is -0.233 e. The molecule has 0 aromatic heterocycles. The van der Waals surface area contributed by atoms with E-state index in [0.717, 1.165) is 0 Å². The first kappa shape index (κ1) is 17.4. The van der Waals surface area contributed by atoms with E-state index in [1.54, 1.807) is 0 Å². The molecule has 0 amide bonds. The Bertz CT molecular complexity index is 917. The lowest BCUT2D eigenvalue weighted by Gasteiger charge is -2.33. The van der Waals surface area contributed by atoms with E-state index in [-0.39, 0.29) is 5.66 Å². The van der Waals surface area contributed by atoms with Crippen molar-refractivity contribution in [3.63, 3.8) is 0 Å². The maximum absolute atomic E-state index is 11.9. The van der Waals surface area contributed by atoms with Crippen LogP contribution in [0.5, 0.6) is 0 Å². The zero-order valence-electron chi connectivity index (χ0n) is 14.9. The first-order valence-electron chi connectivity index (χ1n) is 9.03. The van der Waals surface area contributed by atoms with E-state index >= 15 is 0 Å². The lowest BCUT2D eigenvalue weighted by atomic mass is 10.1. The fourth-order valence-corrected chi connectivity index (χ4v) is 8.58. The van der Waals surface area contributed by atoms with Crippen LogP contribution in [0.15, 0.2) is 121 Å². The van der Waals surface area contributed by atoms with Crippen molar-refractivity contribution in [2.24, 2.45) is 0 Å². The highest BCUT2D eigenvalue weighted by Gasteiger charge is 2.53. The molecule has 0 fully saturated rings. The fourth-order valence-electron chi connectivity index (χ4n) is 3.88. The largest absolute Gasteiger partial charge is 0.233 e. The molecule has 2 heteroatoms. The van der Waals surface area contributed by atoms with Gasteiger partial charge in [-0.25, -0.2) is 4.79 Å². The molecule has 1 aliphatic rings. The van der Waals surface area contributed by atoms with Gasteiger partial charge in [0.1, 0.15) is 34.8 Å².